The number of aromatic nitrogens is 3. The van der Waals surface area contributed by atoms with Gasteiger partial charge in [-0.05, 0) is 60.0 Å². The van der Waals surface area contributed by atoms with Crippen LogP contribution in [0.3, 0.4) is 0 Å². The summed E-state index contributed by atoms with van der Waals surface area (Å²) in [4.78, 5) is 34.2. The first kappa shape index (κ1) is 27.5. The largest absolute Gasteiger partial charge is 0.505 e. The predicted octanol–water partition coefficient (Wildman–Crippen LogP) is 7.60. The number of nitrogens with zero attached hydrogens (tertiary/aromatic N) is 6. The molecule has 0 bridgehead atoms. The van der Waals surface area contributed by atoms with Crippen LogP contribution in [-0.2, 0) is 0 Å². The highest BCUT2D eigenvalue weighted by Gasteiger charge is 2.21. The molecule has 0 saturated heterocycles. The number of para-hydroxylation sites is 2. The van der Waals surface area contributed by atoms with Crippen molar-refractivity contribution in [1.82, 2.24) is 14.8 Å². The smallest absolute Gasteiger partial charge is 0.259 e. The summed E-state index contributed by atoms with van der Waals surface area (Å²) in [6.45, 7) is 7.57. The first-order valence-electron chi connectivity index (χ1n) is 13.3. The zero-order chi connectivity index (χ0) is 30.5. The molecule has 44 heavy (non-hydrogen) atoms. The number of carbonyl (C=O) groups excluding carboxylic acids is 2. The molecule has 2 amide bonds. The number of amides is 2. The van der Waals surface area contributed by atoms with Crippen molar-refractivity contribution in [2.24, 2.45) is 10.2 Å². The molecule has 2 heterocycles. The fourth-order valence-electron chi connectivity index (χ4n) is 4.49. The van der Waals surface area contributed by atoms with Gasteiger partial charge in [-0.2, -0.15) is 5.10 Å². The van der Waals surface area contributed by atoms with Crippen molar-refractivity contribution in [2.75, 3.05) is 10.6 Å². The monoisotopic (exact) mass is 578 g/mol. The zero-order valence-corrected chi connectivity index (χ0v) is 22.9. The Balaban J connectivity index is 1.46. The number of pyridine rings is 1. The number of benzene rings is 4. The van der Waals surface area contributed by atoms with Gasteiger partial charge in [-0.15, -0.1) is 10.2 Å². The molecule has 0 saturated carbocycles. The Bertz CT molecular complexity index is 2070. The molecular weight excluding hydrogens is 556 g/mol. The minimum atomic E-state index is -0.591. The summed E-state index contributed by atoms with van der Waals surface area (Å²) in [6.07, 6.45) is 2.92. The fourth-order valence-corrected chi connectivity index (χ4v) is 4.49. The van der Waals surface area contributed by atoms with Crippen LogP contribution < -0.4 is 10.6 Å². The molecule has 0 fully saturated rings. The summed E-state index contributed by atoms with van der Waals surface area (Å²) >= 11 is 0. The molecule has 0 spiro atoms. The highest BCUT2D eigenvalue weighted by molar-refractivity contribution is 6.13. The molecule has 0 aliphatic rings. The lowest BCUT2D eigenvalue weighted by atomic mass is 10.0. The summed E-state index contributed by atoms with van der Waals surface area (Å²) < 4.78 is 1.36. The highest BCUT2D eigenvalue weighted by Crippen LogP contribution is 2.41. The molecule has 0 atom stereocenters. The maximum atomic E-state index is 13.4. The summed E-state index contributed by atoms with van der Waals surface area (Å²) in [5.74, 6) is -0.874. The first-order valence-corrected chi connectivity index (χ1v) is 13.3. The minimum Gasteiger partial charge on any atom is -0.505 e. The Morgan fingerprint density at radius 2 is 1.50 bits per heavy atom. The van der Waals surface area contributed by atoms with E-state index in [1.165, 1.54) is 16.9 Å². The Kier molecular flexibility index (Phi) is 7.53. The van der Waals surface area contributed by atoms with Crippen LogP contribution >= 0.6 is 0 Å². The van der Waals surface area contributed by atoms with Gasteiger partial charge in [0.2, 0.25) is 0 Å². The van der Waals surface area contributed by atoms with Gasteiger partial charge in [-0.1, -0.05) is 48.5 Å². The Morgan fingerprint density at radius 3 is 2.16 bits per heavy atom. The molecule has 212 valence electrons. The van der Waals surface area contributed by atoms with Crippen molar-refractivity contribution < 1.29 is 14.7 Å². The second-order valence-corrected chi connectivity index (χ2v) is 9.46. The SMILES string of the molecule is [C-]#[N+]c1cnn(-c2ccccn2)c1N=Nc1c(O)c(C(=O)Nc2ccccc2)cc2cc(C(=O)Nc3ccccc3)ccc12. The molecule has 6 aromatic rings. The molecule has 0 radical (unpaired) electrons. The Hall–Kier alpha value is -6.67. The van der Waals surface area contributed by atoms with E-state index in [2.05, 4.69) is 35.8 Å². The highest BCUT2D eigenvalue weighted by atomic mass is 16.3. The number of nitrogens with one attached hydrogen (secondary N) is 2. The van der Waals surface area contributed by atoms with E-state index in [1.807, 2.05) is 24.3 Å². The van der Waals surface area contributed by atoms with Gasteiger partial charge in [0.1, 0.15) is 5.69 Å². The van der Waals surface area contributed by atoms with Crippen LogP contribution in [0.2, 0.25) is 0 Å². The van der Waals surface area contributed by atoms with E-state index < -0.39 is 11.7 Å². The summed E-state index contributed by atoms with van der Waals surface area (Å²) in [6, 6.07) is 29.3. The average Bonchev–Trinajstić information content (AvgIpc) is 3.48. The maximum Gasteiger partial charge on any atom is 0.259 e. The summed E-state index contributed by atoms with van der Waals surface area (Å²) in [5.41, 5.74) is 1.48. The third-order valence-corrected chi connectivity index (χ3v) is 6.61. The number of anilines is 2. The lowest BCUT2D eigenvalue weighted by Crippen LogP contribution is -2.13. The van der Waals surface area contributed by atoms with Crippen LogP contribution in [0.15, 0.2) is 126 Å². The van der Waals surface area contributed by atoms with Crippen molar-refractivity contribution in [3.05, 3.63) is 138 Å². The Labute approximate surface area is 251 Å². The second kappa shape index (κ2) is 12.1. The minimum absolute atomic E-state index is 0.0274. The number of aromatic hydroxyl groups is 1. The van der Waals surface area contributed by atoms with Crippen molar-refractivity contribution in [2.45, 2.75) is 0 Å². The number of phenols is 1. The number of fused-ring (bicyclic) bond motifs is 1. The van der Waals surface area contributed by atoms with Crippen molar-refractivity contribution in [3.8, 4) is 11.6 Å². The molecule has 6 rings (SSSR count). The number of azo groups is 1. The van der Waals surface area contributed by atoms with Gasteiger partial charge in [-0.25, -0.2) is 14.5 Å². The molecule has 11 heteroatoms. The van der Waals surface area contributed by atoms with Gasteiger partial charge < -0.3 is 15.7 Å². The number of carbonyl (C=O) groups is 2. The maximum absolute atomic E-state index is 13.4. The van der Waals surface area contributed by atoms with Gasteiger partial charge in [0, 0.05) is 28.5 Å². The number of phenolic OH excluding ortho intramolecular Hbond substituents is 1. The lowest BCUT2D eigenvalue weighted by Gasteiger charge is -2.12. The van der Waals surface area contributed by atoms with E-state index in [0.29, 0.717) is 33.5 Å². The number of hydrogen-bond donors (Lipinski definition) is 3. The second-order valence-electron chi connectivity index (χ2n) is 9.46. The first-order chi connectivity index (χ1) is 21.5. The Morgan fingerprint density at radius 1 is 0.818 bits per heavy atom. The van der Waals surface area contributed by atoms with Gasteiger partial charge in [0.15, 0.2) is 17.4 Å². The molecule has 2 aromatic heterocycles. The van der Waals surface area contributed by atoms with Crippen LogP contribution in [0.25, 0.3) is 21.4 Å². The number of rotatable bonds is 7. The van der Waals surface area contributed by atoms with E-state index in [1.54, 1.807) is 79.0 Å². The third kappa shape index (κ3) is 5.59. The topological polar surface area (TPSA) is 138 Å². The van der Waals surface area contributed by atoms with Crippen molar-refractivity contribution in [1.29, 1.82) is 0 Å². The molecule has 3 N–H and O–H groups in total. The average molecular weight is 579 g/mol. The molecule has 0 unspecified atom stereocenters. The standard InChI is InChI=1S/C33H22N8O3/c1-34-27-20-36-41(28-14-8-9-17-35-28)31(27)40-39-29-25-16-15-21(32(43)37-23-10-4-2-5-11-23)18-22(25)19-26(30(29)42)33(44)38-24-12-6-3-7-13-24/h2-20,42H,(H,37,43)(H,38,44). The van der Waals surface area contributed by atoms with Crippen LogP contribution in [0.1, 0.15) is 20.7 Å². The lowest BCUT2D eigenvalue weighted by molar-refractivity contribution is 0.101. The summed E-state index contributed by atoms with van der Waals surface area (Å²) in [7, 11) is 0. The molecular formula is C33H22N8O3. The van der Waals surface area contributed by atoms with Crippen molar-refractivity contribution >= 4 is 51.2 Å². The summed E-state index contributed by atoms with van der Waals surface area (Å²) in [5, 5.41) is 30.7. The zero-order valence-electron chi connectivity index (χ0n) is 22.9. The van der Waals surface area contributed by atoms with Crippen LogP contribution in [0.5, 0.6) is 5.75 Å². The van der Waals surface area contributed by atoms with Gasteiger partial charge in [0.25, 0.3) is 17.5 Å². The van der Waals surface area contributed by atoms with Crippen LogP contribution in [0.4, 0.5) is 28.6 Å². The van der Waals surface area contributed by atoms with E-state index >= 15 is 0 Å². The quantitative estimate of drug-likeness (QED) is 0.132. The van der Waals surface area contributed by atoms with Crippen molar-refractivity contribution in [3.63, 3.8) is 0 Å². The van der Waals surface area contributed by atoms with Gasteiger partial charge in [-0.3, -0.25) is 9.59 Å². The van der Waals surface area contributed by atoms with Crippen LogP contribution in [-0.4, -0.2) is 31.7 Å². The molecule has 0 aliphatic carbocycles. The van der Waals surface area contributed by atoms with E-state index in [0.717, 1.165) is 0 Å². The molecule has 0 aliphatic heterocycles. The normalized spacial score (nSPS) is 10.9. The predicted molar refractivity (Wildman–Crippen MR) is 166 cm³/mol. The molecule has 11 nitrogen and oxygen atoms in total. The fraction of sp³-hybridized carbons (Fsp3) is 0. The third-order valence-electron chi connectivity index (χ3n) is 6.61. The van der Waals surface area contributed by atoms with Gasteiger partial charge >= 0.3 is 0 Å². The van der Waals surface area contributed by atoms with Crippen LogP contribution in [0, 0.1) is 6.57 Å². The molecule has 4 aromatic carbocycles. The van der Waals surface area contributed by atoms with E-state index in [-0.39, 0.29) is 28.7 Å². The van der Waals surface area contributed by atoms with E-state index in [4.69, 9.17) is 6.57 Å². The number of hydrogen-bond acceptors (Lipinski definition) is 7. The van der Waals surface area contributed by atoms with E-state index in [9.17, 15) is 14.7 Å². The van der Waals surface area contributed by atoms with Gasteiger partial charge in [0.05, 0.1) is 18.3 Å².